The molecule has 32 heavy (non-hydrogen) atoms. The minimum absolute atomic E-state index is 0.0595. The van der Waals surface area contributed by atoms with Crippen LogP contribution >= 0.6 is 31.9 Å². The lowest BCUT2D eigenvalue weighted by Gasteiger charge is -2.10. The van der Waals surface area contributed by atoms with Gasteiger partial charge in [0.2, 0.25) is 0 Å². The van der Waals surface area contributed by atoms with E-state index in [2.05, 4.69) is 42.4 Å². The predicted molar refractivity (Wildman–Crippen MR) is 126 cm³/mol. The van der Waals surface area contributed by atoms with Crippen molar-refractivity contribution in [2.45, 2.75) is 6.92 Å². The summed E-state index contributed by atoms with van der Waals surface area (Å²) in [4.78, 5) is 24.4. The van der Waals surface area contributed by atoms with Crippen molar-refractivity contribution >= 4 is 50.0 Å². The Hall–Kier alpha value is -3.04. The van der Waals surface area contributed by atoms with Gasteiger partial charge in [0.1, 0.15) is 11.6 Å². The van der Waals surface area contributed by atoms with Gasteiger partial charge in [-0.25, -0.2) is 14.6 Å². The first kappa shape index (κ1) is 23.6. The number of hydrogen-bond acceptors (Lipinski definition) is 5. The Bertz CT molecular complexity index is 1170. The average Bonchev–Trinajstić information content (AvgIpc) is 2.75. The number of carbonyl (C=O) groups excluding carboxylic acids is 2. The molecule has 1 amide bonds. The van der Waals surface area contributed by atoms with Crippen LogP contribution in [0.3, 0.4) is 0 Å². The zero-order valence-corrected chi connectivity index (χ0v) is 19.9. The van der Waals surface area contributed by atoms with Crippen molar-refractivity contribution in [3.05, 3.63) is 92.1 Å². The van der Waals surface area contributed by atoms with Gasteiger partial charge < -0.3 is 9.47 Å². The number of nitrogens with zero attached hydrogens (tertiary/aromatic N) is 1. The Morgan fingerprint density at radius 1 is 1.09 bits per heavy atom. The smallest absolute Gasteiger partial charge is 0.343 e. The normalized spacial score (nSPS) is 10.8. The van der Waals surface area contributed by atoms with Crippen LogP contribution in [0.5, 0.6) is 11.5 Å². The number of amides is 1. The Labute approximate surface area is 200 Å². The molecular formula is C23H17Br2FN2O4. The highest BCUT2D eigenvalue weighted by Gasteiger charge is 2.16. The predicted octanol–water partition coefficient (Wildman–Crippen LogP) is 5.41. The molecule has 0 spiro atoms. The first-order chi connectivity index (χ1) is 15.3. The third kappa shape index (κ3) is 6.73. The number of ether oxygens (including phenoxy) is 2. The van der Waals surface area contributed by atoms with Crippen LogP contribution in [0.4, 0.5) is 4.39 Å². The monoisotopic (exact) mass is 562 g/mol. The summed E-state index contributed by atoms with van der Waals surface area (Å²) in [5.74, 6) is -1.02. The van der Waals surface area contributed by atoms with Gasteiger partial charge in [-0.2, -0.15) is 5.10 Å². The topological polar surface area (TPSA) is 77.0 Å². The molecule has 164 valence electrons. The van der Waals surface area contributed by atoms with Gasteiger partial charge in [0.05, 0.1) is 16.3 Å². The van der Waals surface area contributed by atoms with E-state index < -0.39 is 17.7 Å². The highest BCUT2D eigenvalue weighted by Crippen LogP contribution is 2.32. The van der Waals surface area contributed by atoms with E-state index in [1.54, 1.807) is 24.3 Å². The molecule has 9 heteroatoms. The van der Waals surface area contributed by atoms with Crippen molar-refractivity contribution in [1.29, 1.82) is 0 Å². The summed E-state index contributed by atoms with van der Waals surface area (Å²) in [5, 5.41) is 3.91. The van der Waals surface area contributed by atoms with Gasteiger partial charge >= 0.3 is 5.97 Å². The largest absolute Gasteiger partial charge is 0.484 e. The number of carbonyl (C=O) groups is 2. The standard InChI is InChI=1S/C23H17Br2FN2O4/c1-14-5-7-19(8-6-14)31-13-21(29)28-27-12-16-9-17(24)11-20(25)22(16)32-23(30)15-3-2-4-18(26)10-15/h2-12H,13H2,1H3,(H,28,29). The summed E-state index contributed by atoms with van der Waals surface area (Å²) < 4.78 is 25.4. The molecule has 0 aliphatic rings. The molecule has 0 fully saturated rings. The summed E-state index contributed by atoms with van der Waals surface area (Å²) in [5.41, 5.74) is 3.90. The van der Waals surface area contributed by atoms with Crippen LogP contribution in [-0.2, 0) is 4.79 Å². The molecule has 0 atom stereocenters. The van der Waals surface area contributed by atoms with Crippen molar-refractivity contribution in [3.8, 4) is 11.5 Å². The molecule has 0 aromatic heterocycles. The van der Waals surface area contributed by atoms with Gasteiger partial charge in [-0.15, -0.1) is 0 Å². The van der Waals surface area contributed by atoms with Crippen LogP contribution in [0.25, 0.3) is 0 Å². The molecule has 0 heterocycles. The van der Waals surface area contributed by atoms with E-state index >= 15 is 0 Å². The van der Waals surface area contributed by atoms with Gasteiger partial charge in [0.15, 0.2) is 12.4 Å². The first-order valence-corrected chi connectivity index (χ1v) is 10.9. The highest BCUT2D eigenvalue weighted by atomic mass is 79.9. The molecule has 0 aliphatic heterocycles. The number of aryl methyl sites for hydroxylation is 1. The van der Waals surface area contributed by atoms with Crippen molar-refractivity contribution in [2.75, 3.05) is 6.61 Å². The lowest BCUT2D eigenvalue weighted by Crippen LogP contribution is -2.24. The molecule has 3 rings (SSSR count). The third-order valence-electron chi connectivity index (χ3n) is 4.08. The van der Waals surface area contributed by atoms with Crippen LogP contribution in [-0.4, -0.2) is 24.7 Å². The van der Waals surface area contributed by atoms with Crippen molar-refractivity contribution in [3.63, 3.8) is 0 Å². The number of hydrogen-bond donors (Lipinski definition) is 1. The quantitative estimate of drug-likeness (QED) is 0.180. The van der Waals surface area contributed by atoms with E-state index in [1.807, 2.05) is 19.1 Å². The molecule has 0 bridgehead atoms. The number of nitrogens with one attached hydrogen (secondary N) is 1. The van der Waals surface area contributed by atoms with Crippen LogP contribution in [0, 0.1) is 12.7 Å². The summed E-state index contributed by atoms with van der Waals surface area (Å²) >= 11 is 6.70. The molecule has 0 saturated carbocycles. The van der Waals surface area contributed by atoms with E-state index in [0.717, 1.165) is 11.6 Å². The van der Waals surface area contributed by atoms with Crippen molar-refractivity contribution in [1.82, 2.24) is 5.43 Å². The minimum Gasteiger partial charge on any atom is -0.484 e. The maximum atomic E-state index is 13.4. The van der Waals surface area contributed by atoms with E-state index in [-0.39, 0.29) is 17.9 Å². The average molecular weight is 564 g/mol. The Balaban J connectivity index is 1.67. The maximum Gasteiger partial charge on any atom is 0.343 e. The second-order valence-electron chi connectivity index (χ2n) is 6.60. The minimum atomic E-state index is -0.738. The number of esters is 1. The summed E-state index contributed by atoms with van der Waals surface area (Å²) in [6, 6.07) is 15.8. The first-order valence-electron chi connectivity index (χ1n) is 9.30. The molecule has 0 aliphatic carbocycles. The lowest BCUT2D eigenvalue weighted by atomic mass is 10.2. The van der Waals surface area contributed by atoms with E-state index in [1.165, 1.54) is 24.4 Å². The summed E-state index contributed by atoms with van der Waals surface area (Å²) in [6.45, 7) is 1.74. The molecule has 3 aromatic rings. The van der Waals surface area contributed by atoms with Gasteiger partial charge in [-0.3, -0.25) is 4.79 Å². The second-order valence-corrected chi connectivity index (χ2v) is 8.37. The zero-order chi connectivity index (χ0) is 23.1. The van der Waals surface area contributed by atoms with Crippen LogP contribution in [0.2, 0.25) is 0 Å². The van der Waals surface area contributed by atoms with Gasteiger partial charge in [0.25, 0.3) is 5.91 Å². The van der Waals surface area contributed by atoms with Gasteiger partial charge in [-0.1, -0.05) is 39.7 Å². The molecule has 3 aromatic carbocycles. The lowest BCUT2D eigenvalue weighted by molar-refractivity contribution is -0.123. The highest BCUT2D eigenvalue weighted by molar-refractivity contribution is 9.11. The van der Waals surface area contributed by atoms with Crippen LogP contribution in [0.15, 0.2) is 74.7 Å². The van der Waals surface area contributed by atoms with Gasteiger partial charge in [-0.05, 0) is 65.3 Å². The molecule has 6 nitrogen and oxygen atoms in total. The van der Waals surface area contributed by atoms with Gasteiger partial charge in [0, 0.05) is 10.0 Å². The Morgan fingerprint density at radius 2 is 1.84 bits per heavy atom. The third-order valence-corrected chi connectivity index (χ3v) is 5.12. The fraction of sp³-hybridized carbons (Fsp3) is 0.0870. The van der Waals surface area contributed by atoms with Crippen molar-refractivity contribution in [2.24, 2.45) is 5.10 Å². The van der Waals surface area contributed by atoms with E-state index in [4.69, 9.17) is 9.47 Å². The summed E-state index contributed by atoms with van der Waals surface area (Å²) in [6.07, 6.45) is 1.33. The van der Waals surface area contributed by atoms with E-state index in [0.29, 0.717) is 20.3 Å². The summed E-state index contributed by atoms with van der Waals surface area (Å²) in [7, 11) is 0. The molecular weight excluding hydrogens is 547 g/mol. The Morgan fingerprint density at radius 3 is 2.56 bits per heavy atom. The van der Waals surface area contributed by atoms with E-state index in [9.17, 15) is 14.0 Å². The van der Waals surface area contributed by atoms with Crippen LogP contribution < -0.4 is 14.9 Å². The second kappa shape index (κ2) is 11.0. The molecule has 0 unspecified atom stereocenters. The van der Waals surface area contributed by atoms with Crippen molar-refractivity contribution < 1.29 is 23.5 Å². The fourth-order valence-corrected chi connectivity index (χ4v) is 3.88. The maximum absolute atomic E-state index is 13.4. The number of rotatable bonds is 7. The number of benzene rings is 3. The fourth-order valence-electron chi connectivity index (χ4n) is 2.54. The molecule has 1 N–H and O–H groups in total. The number of hydrazone groups is 1. The zero-order valence-electron chi connectivity index (χ0n) is 16.8. The molecule has 0 radical (unpaired) electrons. The molecule has 0 saturated heterocycles. The number of halogens is 3. The van der Waals surface area contributed by atoms with Crippen LogP contribution in [0.1, 0.15) is 21.5 Å². The SMILES string of the molecule is Cc1ccc(OCC(=O)NN=Cc2cc(Br)cc(Br)c2OC(=O)c2cccc(F)c2)cc1. The Kier molecular flexibility index (Phi) is 8.13.